The van der Waals surface area contributed by atoms with E-state index in [1.807, 2.05) is 0 Å². The lowest BCUT2D eigenvalue weighted by atomic mass is 10.2. The Labute approximate surface area is 109 Å². The topological polar surface area (TPSA) is 57.6 Å². The molecule has 0 saturated carbocycles. The molecule has 0 heterocycles. The molecule has 0 aliphatic rings. The summed E-state index contributed by atoms with van der Waals surface area (Å²) in [6, 6.07) is 3.91. The van der Waals surface area contributed by atoms with Crippen LogP contribution in [0.25, 0.3) is 0 Å². The van der Waals surface area contributed by atoms with Crippen molar-refractivity contribution in [2.75, 3.05) is 19.8 Å². The van der Waals surface area contributed by atoms with Crippen molar-refractivity contribution in [2.24, 2.45) is 0 Å². The second-order valence-electron chi connectivity index (χ2n) is 3.83. The van der Waals surface area contributed by atoms with Crippen molar-refractivity contribution >= 4 is 23.6 Å². The Morgan fingerprint density at radius 3 is 2.61 bits per heavy atom. The van der Waals surface area contributed by atoms with Gasteiger partial charge < -0.3 is 10.0 Å². The number of hydrogen-bond donors (Lipinski definition) is 1. The number of hydrogen-bond acceptors (Lipinski definition) is 3. The summed E-state index contributed by atoms with van der Waals surface area (Å²) in [6.45, 7) is 0. The van der Waals surface area contributed by atoms with E-state index in [9.17, 15) is 14.0 Å². The zero-order valence-corrected chi connectivity index (χ0v) is 11.0. The largest absolute Gasteiger partial charge is 0.478 e. The molecule has 0 saturated heterocycles. The molecule has 0 fully saturated rings. The highest BCUT2D eigenvalue weighted by molar-refractivity contribution is 7.99. The normalized spacial score (nSPS) is 10.2. The molecule has 1 amide bonds. The fourth-order valence-corrected chi connectivity index (χ4v) is 2.12. The summed E-state index contributed by atoms with van der Waals surface area (Å²) in [5.41, 5.74) is -0.348. The van der Waals surface area contributed by atoms with Crippen LogP contribution < -0.4 is 0 Å². The molecule has 98 valence electrons. The molecular formula is C12H14FNO3S. The van der Waals surface area contributed by atoms with Gasteiger partial charge in [-0.3, -0.25) is 4.79 Å². The number of aromatic carboxylic acids is 1. The Bertz CT molecular complexity index is 463. The quantitative estimate of drug-likeness (QED) is 0.833. The highest BCUT2D eigenvalue weighted by Gasteiger charge is 2.11. The number of nitrogens with zero attached hydrogens (tertiary/aromatic N) is 1. The average Bonchev–Trinajstić information content (AvgIpc) is 2.30. The Hall–Kier alpha value is -1.56. The van der Waals surface area contributed by atoms with E-state index < -0.39 is 11.8 Å². The smallest absolute Gasteiger partial charge is 0.338 e. The third-order valence-corrected chi connectivity index (χ3v) is 3.25. The lowest BCUT2D eigenvalue weighted by molar-refractivity contribution is -0.128. The van der Waals surface area contributed by atoms with Crippen LogP contribution >= 0.6 is 11.8 Å². The van der Waals surface area contributed by atoms with Crippen LogP contribution in [0.3, 0.4) is 0 Å². The number of carbonyl (C=O) groups is 2. The number of amides is 1. The summed E-state index contributed by atoms with van der Waals surface area (Å²) in [5, 5.41) is 8.77. The van der Waals surface area contributed by atoms with Crippen molar-refractivity contribution in [3.05, 3.63) is 29.6 Å². The maximum Gasteiger partial charge on any atom is 0.338 e. The highest BCUT2D eigenvalue weighted by Crippen LogP contribution is 2.22. The molecular weight excluding hydrogens is 257 g/mol. The number of carbonyl (C=O) groups excluding carboxylic acids is 1. The molecule has 0 bridgehead atoms. The lowest BCUT2D eigenvalue weighted by Crippen LogP contribution is -2.21. The van der Waals surface area contributed by atoms with Crippen LogP contribution in [0, 0.1) is 5.82 Å². The van der Waals surface area contributed by atoms with Crippen molar-refractivity contribution in [1.82, 2.24) is 4.90 Å². The molecule has 1 aromatic carbocycles. The fourth-order valence-electron chi connectivity index (χ4n) is 1.24. The van der Waals surface area contributed by atoms with Gasteiger partial charge in [0.05, 0.1) is 5.56 Å². The van der Waals surface area contributed by atoms with Gasteiger partial charge in [-0.05, 0) is 18.2 Å². The van der Waals surface area contributed by atoms with Gasteiger partial charge in [-0.2, -0.15) is 0 Å². The van der Waals surface area contributed by atoms with E-state index in [2.05, 4.69) is 0 Å². The van der Waals surface area contributed by atoms with Gasteiger partial charge in [0.15, 0.2) is 0 Å². The third kappa shape index (κ3) is 4.03. The molecule has 6 heteroatoms. The lowest BCUT2D eigenvalue weighted by Gasteiger charge is -2.09. The van der Waals surface area contributed by atoms with Crippen LogP contribution in [0.1, 0.15) is 16.8 Å². The SMILES string of the molecule is CN(C)C(=O)CCSc1ccc(F)c(C(=O)O)c1. The first-order valence-electron chi connectivity index (χ1n) is 5.27. The molecule has 0 spiro atoms. The van der Waals surface area contributed by atoms with Gasteiger partial charge in [0.1, 0.15) is 5.82 Å². The van der Waals surface area contributed by atoms with Crippen molar-refractivity contribution < 1.29 is 19.1 Å². The molecule has 0 atom stereocenters. The van der Waals surface area contributed by atoms with Gasteiger partial charge in [0.2, 0.25) is 5.91 Å². The average molecular weight is 271 g/mol. The van der Waals surface area contributed by atoms with Gasteiger partial charge in [0, 0.05) is 31.2 Å². The predicted molar refractivity (Wildman–Crippen MR) is 67.4 cm³/mol. The highest BCUT2D eigenvalue weighted by atomic mass is 32.2. The Morgan fingerprint density at radius 2 is 2.06 bits per heavy atom. The molecule has 1 rings (SSSR count). The number of carboxylic acid groups (broad SMARTS) is 1. The molecule has 18 heavy (non-hydrogen) atoms. The summed E-state index contributed by atoms with van der Waals surface area (Å²) in [7, 11) is 3.35. The van der Waals surface area contributed by atoms with E-state index in [0.29, 0.717) is 17.1 Å². The van der Waals surface area contributed by atoms with Crippen LogP contribution in [-0.2, 0) is 4.79 Å². The standard InChI is InChI=1S/C12H14FNO3S/c1-14(2)11(15)5-6-18-8-3-4-10(13)9(7-8)12(16)17/h3-4,7H,5-6H2,1-2H3,(H,16,17). The van der Waals surface area contributed by atoms with Crippen LogP contribution in [0.5, 0.6) is 0 Å². The summed E-state index contributed by atoms with van der Waals surface area (Å²) < 4.78 is 13.1. The van der Waals surface area contributed by atoms with E-state index >= 15 is 0 Å². The van der Waals surface area contributed by atoms with Gasteiger partial charge in [0.25, 0.3) is 0 Å². The van der Waals surface area contributed by atoms with E-state index in [1.165, 1.54) is 28.8 Å². The monoisotopic (exact) mass is 271 g/mol. The number of thioether (sulfide) groups is 1. The molecule has 0 radical (unpaired) electrons. The van der Waals surface area contributed by atoms with Gasteiger partial charge in [-0.15, -0.1) is 11.8 Å². The van der Waals surface area contributed by atoms with E-state index in [4.69, 9.17) is 5.11 Å². The Balaban J connectivity index is 2.61. The second kappa shape index (κ2) is 6.39. The molecule has 1 N–H and O–H groups in total. The summed E-state index contributed by atoms with van der Waals surface area (Å²) in [4.78, 5) is 24.2. The van der Waals surface area contributed by atoms with Crippen LogP contribution in [-0.4, -0.2) is 41.7 Å². The summed E-state index contributed by atoms with van der Waals surface area (Å²) in [5.74, 6) is -1.51. The van der Waals surface area contributed by atoms with Crippen molar-refractivity contribution in [3.8, 4) is 0 Å². The van der Waals surface area contributed by atoms with Gasteiger partial charge in [-0.1, -0.05) is 0 Å². The number of halogens is 1. The van der Waals surface area contributed by atoms with Crippen molar-refractivity contribution in [2.45, 2.75) is 11.3 Å². The van der Waals surface area contributed by atoms with Gasteiger partial charge in [-0.25, -0.2) is 9.18 Å². The minimum Gasteiger partial charge on any atom is -0.478 e. The molecule has 4 nitrogen and oxygen atoms in total. The first-order chi connectivity index (χ1) is 8.41. The van der Waals surface area contributed by atoms with E-state index in [0.717, 1.165) is 6.07 Å². The van der Waals surface area contributed by atoms with Gasteiger partial charge >= 0.3 is 5.97 Å². The first kappa shape index (κ1) is 14.5. The zero-order chi connectivity index (χ0) is 13.7. The van der Waals surface area contributed by atoms with Crippen LogP contribution in [0.15, 0.2) is 23.1 Å². The Kier molecular flexibility index (Phi) is 5.15. The van der Waals surface area contributed by atoms with Crippen LogP contribution in [0.4, 0.5) is 4.39 Å². The fraction of sp³-hybridized carbons (Fsp3) is 0.333. The number of benzene rings is 1. The van der Waals surface area contributed by atoms with E-state index in [-0.39, 0.29) is 11.5 Å². The maximum atomic E-state index is 13.1. The van der Waals surface area contributed by atoms with E-state index in [1.54, 1.807) is 14.1 Å². The summed E-state index contributed by atoms with van der Waals surface area (Å²) >= 11 is 1.33. The number of rotatable bonds is 5. The number of carboxylic acids is 1. The Morgan fingerprint density at radius 1 is 1.39 bits per heavy atom. The molecule has 0 aliphatic carbocycles. The minimum absolute atomic E-state index is 0.00284. The molecule has 1 aromatic rings. The van der Waals surface area contributed by atoms with Crippen molar-refractivity contribution in [3.63, 3.8) is 0 Å². The minimum atomic E-state index is -1.29. The first-order valence-corrected chi connectivity index (χ1v) is 6.26. The predicted octanol–water partition coefficient (Wildman–Crippen LogP) is 2.09. The third-order valence-electron chi connectivity index (χ3n) is 2.25. The van der Waals surface area contributed by atoms with Crippen molar-refractivity contribution in [1.29, 1.82) is 0 Å². The second-order valence-corrected chi connectivity index (χ2v) is 5.00. The maximum absolute atomic E-state index is 13.1. The van der Waals surface area contributed by atoms with Crippen LogP contribution in [0.2, 0.25) is 0 Å². The zero-order valence-electron chi connectivity index (χ0n) is 10.1. The molecule has 0 aliphatic heterocycles. The summed E-state index contributed by atoms with van der Waals surface area (Å²) in [6.07, 6.45) is 0.359. The molecule has 0 aromatic heterocycles. The molecule has 0 unspecified atom stereocenters.